The number of hydrogen-bond acceptors (Lipinski definition) is 4. The predicted molar refractivity (Wildman–Crippen MR) is 84.6 cm³/mol. The van der Waals surface area contributed by atoms with E-state index in [1.807, 2.05) is 37.3 Å². The van der Waals surface area contributed by atoms with Gasteiger partial charge in [0.15, 0.2) is 5.82 Å². The third kappa shape index (κ3) is 3.39. The summed E-state index contributed by atoms with van der Waals surface area (Å²) in [6.45, 7) is 2.45. The van der Waals surface area contributed by atoms with Crippen LogP contribution in [0.1, 0.15) is 37.2 Å². The minimum atomic E-state index is -0.652. The fraction of sp³-hybridized carbons (Fsp3) is 0.375. The first kappa shape index (κ1) is 15.2. The molecule has 1 aromatic heterocycles. The summed E-state index contributed by atoms with van der Waals surface area (Å²) in [5, 5.41) is 9.89. The lowest BCUT2D eigenvalue weighted by Gasteiger charge is -2.22. The zero-order valence-corrected chi connectivity index (χ0v) is 13.0. The molecule has 0 spiro atoms. The molecule has 0 aliphatic carbocycles. The number of amides is 2. The van der Waals surface area contributed by atoms with Crippen molar-refractivity contribution in [2.75, 3.05) is 5.32 Å². The van der Waals surface area contributed by atoms with Gasteiger partial charge in [-0.2, -0.15) is 10.1 Å². The highest BCUT2D eigenvalue weighted by atomic mass is 16.2. The van der Waals surface area contributed by atoms with Crippen molar-refractivity contribution in [1.82, 2.24) is 20.1 Å². The average molecular weight is 313 g/mol. The van der Waals surface area contributed by atoms with E-state index in [9.17, 15) is 9.59 Å². The average Bonchev–Trinajstić information content (AvgIpc) is 2.95. The van der Waals surface area contributed by atoms with E-state index in [1.165, 1.54) is 4.68 Å². The molecule has 0 saturated heterocycles. The van der Waals surface area contributed by atoms with E-state index in [-0.39, 0.29) is 18.2 Å². The van der Waals surface area contributed by atoms with Crippen LogP contribution in [-0.4, -0.2) is 26.6 Å². The Bertz CT molecular complexity index is 711. The van der Waals surface area contributed by atoms with Crippen molar-refractivity contribution in [3.8, 4) is 0 Å². The van der Waals surface area contributed by atoms with E-state index in [0.717, 1.165) is 12.0 Å². The molecule has 0 fully saturated rings. The standard InChI is InChI=1S/C16H19N5O2/c1-2-6-13-18-16-19-14(22)9-12(21(16)20-13)15(23)17-10-11-7-4-3-5-8-11/h3-5,7-8,12H,2,6,9-10H2,1H3,(H,17,23)(H,18,19,20,22)/t12-/m0/s1. The van der Waals surface area contributed by atoms with Crippen molar-refractivity contribution in [2.24, 2.45) is 0 Å². The third-order valence-corrected chi connectivity index (χ3v) is 3.69. The van der Waals surface area contributed by atoms with E-state index in [0.29, 0.717) is 24.7 Å². The molecule has 2 N–H and O–H groups in total. The van der Waals surface area contributed by atoms with Crippen molar-refractivity contribution in [2.45, 2.75) is 38.8 Å². The molecule has 0 radical (unpaired) electrons. The Hall–Kier alpha value is -2.70. The van der Waals surface area contributed by atoms with Crippen LogP contribution in [0.5, 0.6) is 0 Å². The number of fused-ring (bicyclic) bond motifs is 1. The lowest BCUT2D eigenvalue weighted by atomic mass is 10.1. The van der Waals surface area contributed by atoms with Gasteiger partial charge in [-0.15, -0.1) is 0 Å². The van der Waals surface area contributed by atoms with Gasteiger partial charge in [-0.1, -0.05) is 37.3 Å². The van der Waals surface area contributed by atoms with E-state index < -0.39 is 6.04 Å². The molecule has 0 saturated carbocycles. The molecule has 7 heteroatoms. The van der Waals surface area contributed by atoms with Gasteiger partial charge in [-0.25, -0.2) is 4.68 Å². The predicted octanol–water partition coefficient (Wildman–Crippen LogP) is 1.43. The number of benzene rings is 1. The third-order valence-electron chi connectivity index (χ3n) is 3.69. The highest BCUT2D eigenvalue weighted by Crippen LogP contribution is 2.23. The number of anilines is 1. The summed E-state index contributed by atoms with van der Waals surface area (Å²) in [4.78, 5) is 28.6. The molecular weight excluding hydrogens is 294 g/mol. The topological polar surface area (TPSA) is 88.9 Å². The van der Waals surface area contributed by atoms with Crippen LogP contribution in [0.3, 0.4) is 0 Å². The van der Waals surface area contributed by atoms with E-state index in [1.54, 1.807) is 0 Å². The van der Waals surface area contributed by atoms with Crippen LogP contribution >= 0.6 is 0 Å². The van der Waals surface area contributed by atoms with Gasteiger partial charge in [-0.05, 0) is 12.0 Å². The lowest BCUT2D eigenvalue weighted by Crippen LogP contribution is -2.39. The minimum absolute atomic E-state index is 0.0720. The van der Waals surface area contributed by atoms with Crippen LogP contribution in [-0.2, 0) is 22.6 Å². The van der Waals surface area contributed by atoms with E-state index in [4.69, 9.17) is 0 Å². The Balaban J connectivity index is 1.74. The molecule has 120 valence electrons. The number of carbonyl (C=O) groups excluding carboxylic acids is 2. The summed E-state index contributed by atoms with van der Waals surface area (Å²) in [5.41, 5.74) is 1.01. The summed E-state index contributed by atoms with van der Waals surface area (Å²) in [6.07, 6.45) is 1.69. The molecule has 0 bridgehead atoms. The number of nitrogens with one attached hydrogen (secondary N) is 2. The molecule has 2 aromatic rings. The molecule has 7 nitrogen and oxygen atoms in total. The molecule has 2 heterocycles. The Morgan fingerprint density at radius 2 is 2.17 bits per heavy atom. The first-order valence-corrected chi connectivity index (χ1v) is 7.74. The number of hydrogen-bond donors (Lipinski definition) is 2. The molecule has 1 aliphatic rings. The molecular formula is C16H19N5O2. The van der Waals surface area contributed by atoms with Gasteiger partial charge in [0.25, 0.3) is 0 Å². The van der Waals surface area contributed by atoms with Crippen LogP contribution in [0, 0.1) is 0 Å². The fourth-order valence-corrected chi connectivity index (χ4v) is 2.54. The maximum atomic E-state index is 12.5. The number of nitrogens with zero attached hydrogens (tertiary/aromatic N) is 3. The molecule has 1 aliphatic heterocycles. The molecule has 1 aromatic carbocycles. The highest BCUT2D eigenvalue weighted by Gasteiger charge is 2.32. The van der Waals surface area contributed by atoms with Gasteiger partial charge in [0, 0.05) is 13.0 Å². The molecule has 2 amide bonds. The maximum Gasteiger partial charge on any atom is 0.245 e. The lowest BCUT2D eigenvalue weighted by molar-refractivity contribution is -0.129. The number of rotatable bonds is 5. The summed E-state index contributed by atoms with van der Waals surface area (Å²) < 4.78 is 1.52. The van der Waals surface area contributed by atoms with Crippen molar-refractivity contribution in [3.63, 3.8) is 0 Å². The quantitative estimate of drug-likeness (QED) is 0.874. The van der Waals surface area contributed by atoms with Gasteiger partial charge < -0.3 is 5.32 Å². The monoisotopic (exact) mass is 313 g/mol. The molecule has 3 rings (SSSR count). The molecule has 0 unspecified atom stereocenters. The van der Waals surface area contributed by atoms with Crippen molar-refractivity contribution < 1.29 is 9.59 Å². The Kier molecular flexibility index (Phi) is 4.36. The van der Waals surface area contributed by atoms with Crippen LogP contribution in [0.25, 0.3) is 0 Å². The second-order valence-corrected chi connectivity index (χ2v) is 5.52. The van der Waals surface area contributed by atoms with Crippen LogP contribution in [0.15, 0.2) is 30.3 Å². The highest BCUT2D eigenvalue weighted by molar-refractivity contribution is 5.96. The maximum absolute atomic E-state index is 12.5. The Labute approximate surface area is 134 Å². The SMILES string of the molecule is CCCc1nc2n(n1)[C@H](C(=O)NCc1ccccc1)CC(=O)N2. The zero-order valence-electron chi connectivity index (χ0n) is 13.0. The minimum Gasteiger partial charge on any atom is -0.350 e. The number of carbonyl (C=O) groups is 2. The van der Waals surface area contributed by atoms with Crippen molar-refractivity contribution >= 4 is 17.8 Å². The summed E-state index contributed by atoms with van der Waals surface area (Å²) >= 11 is 0. The fourth-order valence-electron chi connectivity index (χ4n) is 2.54. The van der Waals surface area contributed by atoms with Crippen molar-refractivity contribution in [1.29, 1.82) is 0 Å². The van der Waals surface area contributed by atoms with Crippen LogP contribution in [0.4, 0.5) is 5.95 Å². The Morgan fingerprint density at radius 1 is 1.39 bits per heavy atom. The van der Waals surface area contributed by atoms with Gasteiger partial charge in [0.1, 0.15) is 6.04 Å². The second kappa shape index (κ2) is 6.60. The van der Waals surface area contributed by atoms with Crippen LogP contribution in [0.2, 0.25) is 0 Å². The van der Waals surface area contributed by atoms with Gasteiger partial charge in [-0.3, -0.25) is 14.9 Å². The van der Waals surface area contributed by atoms with Gasteiger partial charge >= 0.3 is 0 Å². The van der Waals surface area contributed by atoms with Gasteiger partial charge in [0.05, 0.1) is 6.42 Å². The largest absolute Gasteiger partial charge is 0.350 e. The van der Waals surface area contributed by atoms with E-state index >= 15 is 0 Å². The summed E-state index contributed by atoms with van der Waals surface area (Å²) in [5.74, 6) is 0.556. The summed E-state index contributed by atoms with van der Waals surface area (Å²) in [6, 6.07) is 8.99. The Morgan fingerprint density at radius 3 is 2.91 bits per heavy atom. The second-order valence-electron chi connectivity index (χ2n) is 5.52. The van der Waals surface area contributed by atoms with Crippen LogP contribution < -0.4 is 10.6 Å². The number of aryl methyl sites for hydroxylation is 1. The van der Waals surface area contributed by atoms with Gasteiger partial charge in [0.2, 0.25) is 17.8 Å². The smallest absolute Gasteiger partial charge is 0.245 e. The number of aromatic nitrogens is 3. The first-order valence-electron chi connectivity index (χ1n) is 7.74. The normalized spacial score (nSPS) is 16.6. The summed E-state index contributed by atoms with van der Waals surface area (Å²) in [7, 11) is 0. The molecule has 23 heavy (non-hydrogen) atoms. The zero-order chi connectivity index (χ0) is 16.2. The first-order chi connectivity index (χ1) is 11.2. The molecule has 1 atom stereocenters. The van der Waals surface area contributed by atoms with Crippen molar-refractivity contribution in [3.05, 3.63) is 41.7 Å². The van der Waals surface area contributed by atoms with E-state index in [2.05, 4.69) is 20.7 Å².